The van der Waals surface area contributed by atoms with E-state index < -0.39 is 0 Å². The third kappa shape index (κ3) is 2.72. The Labute approximate surface area is 150 Å². The number of aryl methyl sites for hydroxylation is 2. The number of fused-ring (bicyclic) bond motifs is 3. The van der Waals surface area contributed by atoms with Crippen molar-refractivity contribution in [2.45, 2.75) is 19.8 Å². The van der Waals surface area contributed by atoms with Crippen molar-refractivity contribution < 1.29 is 9.53 Å². The maximum atomic E-state index is 12.5. The highest BCUT2D eigenvalue weighted by Gasteiger charge is 2.31. The monoisotopic (exact) mass is 353 g/mol. The smallest absolute Gasteiger partial charge is 0.348 e. The van der Waals surface area contributed by atoms with Crippen molar-refractivity contribution in [3.8, 4) is 11.3 Å². The summed E-state index contributed by atoms with van der Waals surface area (Å²) >= 11 is 1.47. The first-order valence-corrected chi connectivity index (χ1v) is 9.16. The first-order chi connectivity index (χ1) is 12.2. The van der Waals surface area contributed by atoms with Crippen LogP contribution in [-0.4, -0.2) is 22.4 Å². The number of thiophene rings is 1. The molecule has 1 N–H and O–H groups in total. The van der Waals surface area contributed by atoms with Crippen molar-refractivity contribution >= 4 is 28.0 Å². The molecule has 0 aliphatic heterocycles. The molecule has 1 aliphatic rings. The number of esters is 1. The van der Waals surface area contributed by atoms with E-state index in [-0.39, 0.29) is 5.97 Å². The van der Waals surface area contributed by atoms with Gasteiger partial charge in [0.1, 0.15) is 9.88 Å². The van der Waals surface area contributed by atoms with Gasteiger partial charge in [0, 0.05) is 18.3 Å². The van der Waals surface area contributed by atoms with E-state index in [1.54, 1.807) is 0 Å². The number of para-hydroxylation sites is 1. The first-order valence-electron chi connectivity index (χ1n) is 8.35. The fourth-order valence-electron chi connectivity index (χ4n) is 3.30. The average molecular weight is 353 g/mol. The van der Waals surface area contributed by atoms with E-state index in [1.807, 2.05) is 55.2 Å². The van der Waals surface area contributed by atoms with E-state index in [9.17, 15) is 4.79 Å². The summed E-state index contributed by atoms with van der Waals surface area (Å²) in [7, 11) is 1.95. The van der Waals surface area contributed by atoms with Crippen LogP contribution < -0.4 is 5.32 Å². The molecule has 128 valence electrons. The van der Waals surface area contributed by atoms with Crippen molar-refractivity contribution in [1.82, 2.24) is 9.78 Å². The molecule has 0 spiro atoms. The average Bonchev–Trinajstić information content (AvgIpc) is 3.17. The molecule has 25 heavy (non-hydrogen) atoms. The lowest BCUT2D eigenvalue weighted by molar-refractivity contribution is 0.0531. The minimum Gasteiger partial charge on any atom is -0.462 e. The Bertz CT molecular complexity index is 928. The Balaban J connectivity index is 1.87. The Morgan fingerprint density at radius 2 is 2.12 bits per heavy atom. The number of nitrogens with zero attached hydrogens (tertiary/aromatic N) is 2. The van der Waals surface area contributed by atoms with Crippen molar-refractivity contribution in [2.75, 3.05) is 11.9 Å². The van der Waals surface area contributed by atoms with Gasteiger partial charge in [-0.15, -0.1) is 11.3 Å². The Morgan fingerprint density at radius 3 is 2.88 bits per heavy atom. The third-order valence-electron chi connectivity index (χ3n) is 4.40. The predicted octanol–water partition coefficient (Wildman–Crippen LogP) is 4.17. The van der Waals surface area contributed by atoms with Crippen molar-refractivity contribution in [3.63, 3.8) is 0 Å². The minimum atomic E-state index is -0.240. The summed E-state index contributed by atoms with van der Waals surface area (Å²) in [5.41, 5.74) is 5.46. The van der Waals surface area contributed by atoms with Crippen LogP contribution >= 0.6 is 11.3 Å². The van der Waals surface area contributed by atoms with Gasteiger partial charge in [-0.1, -0.05) is 18.2 Å². The molecule has 2 heterocycles. The van der Waals surface area contributed by atoms with Crippen LogP contribution in [0.25, 0.3) is 11.3 Å². The van der Waals surface area contributed by atoms with Gasteiger partial charge in [0.2, 0.25) is 0 Å². The van der Waals surface area contributed by atoms with Gasteiger partial charge < -0.3 is 10.1 Å². The second-order valence-corrected chi connectivity index (χ2v) is 6.99. The molecule has 1 aromatic carbocycles. The third-order valence-corrected chi connectivity index (χ3v) is 5.52. The van der Waals surface area contributed by atoms with Gasteiger partial charge in [-0.05, 0) is 43.0 Å². The molecule has 0 radical (unpaired) electrons. The number of benzene rings is 1. The zero-order valence-electron chi connectivity index (χ0n) is 14.2. The fourth-order valence-corrected chi connectivity index (χ4v) is 4.47. The number of nitrogens with one attached hydrogen (secondary N) is 1. The first kappa shape index (κ1) is 15.9. The van der Waals surface area contributed by atoms with Gasteiger partial charge in [0.05, 0.1) is 18.5 Å². The highest BCUT2D eigenvalue weighted by atomic mass is 32.1. The Hall–Kier alpha value is -2.60. The van der Waals surface area contributed by atoms with Crippen molar-refractivity contribution in [3.05, 3.63) is 52.5 Å². The van der Waals surface area contributed by atoms with Crippen molar-refractivity contribution in [1.29, 1.82) is 0 Å². The van der Waals surface area contributed by atoms with E-state index in [4.69, 9.17) is 4.74 Å². The summed E-state index contributed by atoms with van der Waals surface area (Å²) in [6.07, 6.45) is 3.64. The van der Waals surface area contributed by atoms with E-state index in [0.717, 1.165) is 40.4 Å². The van der Waals surface area contributed by atoms with Crippen LogP contribution in [0.3, 0.4) is 0 Å². The number of ether oxygens (including phenoxy) is 1. The van der Waals surface area contributed by atoms with Gasteiger partial charge in [0.15, 0.2) is 0 Å². The van der Waals surface area contributed by atoms with Gasteiger partial charge in [-0.25, -0.2) is 4.79 Å². The number of hydrogen-bond donors (Lipinski definition) is 1. The van der Waals surface area contributed by atoms with Crippen LogP contribution in [0.1, 0.15) is 27.7 Å². The molecule has 5 nitrogen and oxygen atoms in total. The van der Waals surface area contributed by atoms with E-state index >= 15 is 0 Å². The summed E-state index contributed by atoms with van der Waals surface area (Å²) < 4.78 is 7.17. The van der Waals surface area contributed by atoms with Gasteiger partial charge in [-0.2, -0.15) is 5.10 Å². The van der Waals surface area contributed by atoms with Gasteiger partial charge in [-0.3, -0.25) is 4.68 Å². The van der Waals surface area contributed by atoms with Crippen LogP contribution in [0, 0.1) is 0 Å². The van der Waals surface area contributed by atoms with Gasteiger partial charge >= 0.3 is 5.97 Å². The molecule has 6 heteroatoms. The zero-order valence-corrected chi connectivity index (χ0v) is 15.0. The molecule has 0 saturated heterocycles. The Morgan fingerprint density at radius 1 is 1.32 bits per heavy atom. The van der Waals surface area contributed by atoms with E-state index in [0.29, 0.717) is 11.5 Å². The lowest BCUT2D eigenvalue weighted by Gasteiger charge is -2.17. The summed E-state index contributed by atoms with van der Waals surface area (Å²) in [5, 5.41) is 8.86. The Kier molecular flexibility index (Phi) is 4.05. The summed E-state index contributed by atoms with van der Waals surface area (Å²) in [5.74, 6) is -0.240. The SMILES string of the molecule is CCOC(=O)c1sc(Nc2ccccc2)c2c1CCc1cnn(C)c1-2. The molecule has 3 aromatic rings. The molecule has 0 saturated carbocycles. The highest BCUT2D eigenvalue weighted by Crippen LogP contribution is 2.46. The molecule has 0 fully saturated rings. The molecular weight excluding hydrogens is 334 g/mol. The number of anilines is 2. The molecular formula is C19H19N3O2S. The molecule has 0 bridgehead atoms. The molecule has 1 aliphatic carbocycles. The van der Waals surface area contributed by atoms with Crippen molar-refractivity contribution in [2.24, 2.45) is 7.05 Å². The fraction of sp³-hybridized carbons (Fsp3) is 0.263. The van der Waals surface area contributed by atoms with E-state index in [1.165, 1.54) is 16.9 Å². The summed E-state index contributed by atoms with van der Waals surface area (Å²) in [6.45, 7) is 2.21. The van der Waals surface area contributed by atoms with Crippen LogP contribution in [0.15, 0.2) is 36.5 Å². The predicted molar refractivity (Wildman–Crippen MR) is 99.6 cm³/mol. The van der Waals surface area contributed by atoms with Gasteiger partial charge in [0.25, 0.3) is 0 Å². The van der Waals surface area contributed by atoms with E-state index in [2.05, 4.69) is 10.4 Å². The second-order valence-electron chi connectivity index (χ2n) is 5.97. The number of rotatable bonds is 4. The maximum Gasteiger partial charge on any atom is 0.348 e. The molecule has 0 atom stereocenters. The molecule has 0 amide bonds. The summed E-state index contributed by atoms with van der Waals surface area (Å²) in [6, 6.07) is 10.00. The number of aromatic nitrogens is 2. The largest absolute Gasteiger partial charge is 0.462 e. The maximum absolute atomic E-state index is 12.5. The lowest BCUT2D eigenvalue weighted by Crippen LogP contribution is -2.10. The van der Waals surface area contributed by atoms with Crippen LogP contribution in [0.2, 0.25) is 0 Å². The number of carbonyl (C=O) groups is 1. The quantitative estimate of drug-likeness (QED) is 0.715. The molecule has 0 unspecified atom stereocenters. The minimum absolute atomic E-state index is 0.240. The van der Waals surface area contributed by atoms with Crippen LogP contribution in [0.4, 0.5) is 10.7 Å². The summed E-state index contributed by atoms with van der Waals surface area (Å²) in [4.78, 5) is 13.2. The highest BCUT2D eigenvalue weighted by molar-refractivity contribution is 7.18. The second kappa shape index (κ2) is 6.37. The number of carbonyl (C=O) groups excluding carboxylic acids is 1. The topological polar surface area (TPSA) is 56.1 Å². The van der Waals surface area contributed by atoms with Crippen LogP contribution in [0.5, 0.6) is 0 Å². The lowest BCUT2D eigenvalue weighted by atomic mass is 9.91. The normalized spacial score (nSPS) is 12.4. The van der Waals surface area contributed by atoms with Crippen LogP contribution in [-0.2, 0) is 24.6 Å². The number of hydrogen-bond acceptors (Lipinski definition) is 5. The molecule has 4 rings (SSSR count). The molecule has 2 aromatic heterocycles. The zero-order chi connectivity index (χ0) is 17.4. The standard InChI is InChI=1S/C19H19N3O2S/c1-3-24-19(23)17-14-10-9-12-11-20-22(2)16(12)15(14)18(25-17)21-13-7-5-4-6-8-13/h4-8,11,21H,3,9-10H2,1-2H3.